The first-order chi connectivity index (χ1) is 10.2. The highest BCUT2D eigenvalue weighted by atomic mass is 79.9. The van der Waals surface area contributed by atoms with E-state index in [0.29, 0.717) is 0 Å². The molecule has 0 radical (unpaired) electrons. The Bertz CT molecular complexity index is 501. The van der Waals surface area contributed by atoms with Crippen LogP contribution in [-0.2, 0) is 11.3 Å². The van der Waals surface area contributed by atoms with Crippen LogP contribution in [0, 0.1) is 0 Å². The Morgan fingerprint density at radius 1 is 1.27 bits per heavy atom. The number of rotatable bonds is 6. The maximum absolute atomic E-state index is 11.6. The average Bonchev–Trinajstić information content (AvgIpc) is 2.36. The SMILES string of the molecule is CC(CCNCc1ccc(Br)c(Br)c1)NC(=O)OC(C)(C)C. The Labute approximate surface area is 149 Å². The molecular formula is C16H24Br2N2O2. The minimum absolute atomic E-state index is 0.0685. The zero-order valence-corrected chi connectivity index (χ0v) is 16.7. The van der Waals surface area contributed by atoms with E-state index in [4.69, 9.17) is 4.74 Å². The lowest BCUT2D eigenvalue weighted by Crippen LogP contribution is -2.38. The molecule has 0 saturated heterocycles. The molecule has 124 valence electrons. The molecule has 1 aromatic rings. The minimum Gasteiger partial charge on any atom is -0.444 e. The molecule has 22 heavy (non-hydrogen) atoms. The second-order valence-electron chi connectivity index (χ2n) is 6.26. The van der Waals surface area contributed by atoms with Crippen LogP contribution in [0.3, 0.4) is 0 Å². The standard InChI is InChI=1S/C16H24Br2N2O2/c1-11(20-15(21)22-16(2,3)4)7-8-19-10-12-5-6-13(17)14(18)9-12/h5-6,9,11,19H,7-8,10H2,1-4H3,(H,20,21). The molecule has 0 saturated carbocycles. The Hall–Kier alpha value is -0.590. The van der Waals surface area contributed by atoms with Crippen LogP contribution in [0.25, 0.3) is 0 Å². The maximum Gasteiger partial charge on any atom is 0.407 e. The predicted octanol–water partition coefficient (Wildman–Crippen LogP) is 4.60. The average molecular weight is 436 g/mol. The van der Waals surface area contributed by atoms with Crippen LogP contribution in [-0.4, -0.2) is 24.3 Å². The number of hydrogen-bond donors (Lipinski definition) is 2. The highest BCUT2D eigenvalue weighted by molar-refractivity contribution is 9.13. The van der Waals surface area contributed by atoms with Crippen molar-refractivity contribution in [2.24, 2.45) is 0 Å². The van der Waals surface area contributed by atoms with E-state index < -0.39 is 5.60 Å². The smallest absolute Gasteiger partial charge is 0.407 e. The van der Waals surface area contributed by atoms with Crippen molar-refractivity contribution in [2.45, 2.75) is 52.3 Å². The molecule has 0 heterocycles. The minimum atomic E-state index is -0.461. The third kappa shape index (κ3) is 8.15. The fraction of sp³-hybridized carbons (Fsp3) is 0.562. The van der Waals surface area contributed by atoms with Gasteiger partial charge < -0.3 is 15.4 Å². The molecule has 6 heteroatoms. The van der Waals surface area contributed by atoms with Gasteiger partial charge in [0.25, 0.3) is 0 Å². The van der Waals surface area contributed by atoms with Crippen LogP contribution in [0.1, 0.15) is 39.7 Å². The van der Waals surface area contributed by atoms with Gasteiger partial charge in [0.05, 0.1) is 0 Å². The van der Waals surface area contributed by atoms with E-state index in [0.717, 1.165) is 28.5 Å². The van der Waals surface area contributed by atoms with Crippen LogP contribution in [0.4, 0.5) is 4.79 Å². The molecule has 1 aromatic carbocycles. The molecule has 2 N–H and O–H groups in total. The van der Waals surface area contributed by atoms with Gasteiger partial charge in [-0.1, -0.05) is 6.07 Å². The van der Waals surface area contributed by atoms with Crippen molar-refractivity contribution in [1.82, 2.24) is 10.6 Å². The highest BCUT2D eigenvalue weighted by Gasteiger charge is 2.17. The second-order valence-corrected chi connectivity index (χ2v) is 7.97. The van der Waals surface area contributed by atoms with Crippen LogP contribution in [0.15, 0.2) is 27.1 Å². The first-order valence-electron chi connectivity index (χ1n) is 7.31. The van der Waals surface area contributed by atoms with Crippen molar-refractivity contribution in [3.63, 3.8) is 0 Å². The van der Waals surface area contributed by atoms with Crippen molar-refractivity contribution in [1.29, 1.82) is 0 Å². The van der Waals surface area contributed by atoms with Crippen LogP contribution in [0.2, 0.25) is 0 Å². The summed E-state index contributed by atoms with van der Waals surface area (Å²) in [6.45, 7) is 9.16. The lowest BCUT2D eigenvalue weighted by Gasteiger charge is -2.22. The van der Waals surface area contributed by atoms with Crippen molar-refractivity contribution in [3.8, 4) is 0 Å². The molecule has 0 aliphatic heterocycles. The van der Waals surface area contributed by atoms with Crippen molar-refractivity contribution < 1.29 is 9.53 Å². The summed E-state index contributed by atoms with van der Waals surface area (Å²) >= 11 is 6.95. The zero-order chi connectivity index (χ0) is 16.8. The Kier molecular flexibility index (Phi) is 7.86. The fourth-order valence-corrected chi connectivity index (χ4v) is 2.45. The summed E-state index contributed by atoms with van der Waals surface area (Å²) in [4.78, 5) is 11.6. The van der Waals surface area contributed by atoms with Gasteiger partial charge in [-0.2, -0.15) is 0 Å². The Balaban J connectivity index is 2.23. The van der Waals surface area contributed by atoms with Gasteiger partial charge in [0.1, 0.15) is 5.60 Å². The van der Waals surface area contributed by atoms with E-state index in [1.54, 1.807) is 0 Å². The number of amides is 1. The van der Waals surface area contributed by atoms with Gasteiger partial charge in [0.15, 0.2) is 0 Å². The monoisotopic (exact) mass is 434 g/mol. The number of halogens is 2. The number of alkyl carbamates (subject to hydrolysis) is 1. The normalized spacial score (nSPS) is 12.8. The van der Waals surface area contributed by atoms with Gasteiger partial charge >= 0.3 is 6.09 Å². The number of nitrogens with one attached hydrogen (secondary N) is 2. The number of carbonyl (C=O) groups is 1. The molecule has 0 aliphatic rings. The molecule has 0 aromatic heterocycles. The lowest BCUT2D eigenvalue weighted by molar-refractivity contribution is 0.0506. The lowest BCUT2D eigenvalue weighted by atomic mass is 10.2. The summed E-state index contributed by atoms with van der Waals surface area (Å²) in [5, 5.41) is 6.21. The Morgan fingerprint density at radius 2 is 1.95 bits per heavy atom. The van der Waals surface area contributed by atoms with Gasteiger partial charge in [-0.15, -0.1) is 0 Å². The first kappa shape index (κ1) is 19.5. The van der Waals surface area contributed by atoms with Gasteiger partial charge in [0, 0.05) is 21.5 Å². The van der Waals surface area contributed by atoms with E-state index >= 15 is 0 Å². The molecular weight excluding hydrogens is 412 g/mol. The molecule has 1 amide bonds. The number of carbonyl (C=O) groups excluding carboxylic acids is 1. The third-order valence-corrected chi connectivity index (χ3v) is 4.71. The quantitative estimate of drug-likeness (QED) is 0.641. The molecule has 1 rings (SSSR count). The molecule has 4 nitrogen and oxygen atoms in total. The summed E-state index contributed by atoms with van der Waals surface area (Å²) in [6, 6.07) is 6.25. The molecule has 1 atom stereocenters. The molecule has 0 spiro atoms. The summed E-state index contributed by atoms with van der Waals surface area (Å²) < 4.78 is 7.32. The maximum atomic E-state index is 11.6. The van der Waals surface area contributed by atoms with E-state index in [1.807, 2.05) is 33.8 Å². The number of ether oxygens (including phenoxy) is 1. The predicted molar refractivity (Wildman–Crippen MR) is 97.0 cm³/mol. The molecule has 0 bridgehead atoms. The molecule has 0 aliphatic carbocycles. The van der Waals surface area contributed by atoms with E-state index in [-0.39, 0.29) is 12.1 Å². The summed E-state index contributed by atoms with van der Waals surface area (Å²) in [5.41, 5.74) is 0.750. The molecule has 1 unspecified atom stereocenters. The van der Waals surface area contributed by atoms with Crippen LogP contribution >= 0.6 is 31.9 Å². The summed E-state index contributed by atoms with van der Waals surface area (Å²) in [5.74, 6) is 0. The number of benzene rings is 1. The van der Waals surface area contributed by atoms with Crippen molar-refractivity contribution >= 4 is 38.0 Å². The van der Waals surface area contributed by atoms with Gasteiger partial charge in [0.2, 0.25) is 0 Å². The van der Waals surface area contributed by atoms with Crippen molar-refractivity contribution in [2.75, 3.05) is 6.54 Å². The summed E-state index contributed by atoms with van der Waals surface area (Å²) in [6.07, 6.45) is 0.480. The largest absolute Gasteiger partial charge is 0.444 e. The van der Waals surface area contributed by atoms with E-state index in [1.165, 1.54) is 5.56 Å². The third-order valence-electron chi connectivity index (χ3n) is 2.83. The first-order valence-corrected chi connectivity index (χ1v) is 8.90. The van der Waals surface area contributed by atoms with Gasteiger partial charge in [-0.3, -0.25) is 0 Å². The second kappa shape index (κ2) is 8.89. The number of hydrogen-bond acceptors (Lipinski definition) is 3. The van der Waals surface area contributed by atoms with Gasteiger partial charge in [-0.25, -0.2) is 4.79 Å². The highest BCUT2D eigenvalue weighted by Crippen LogP contribution is 2.23. The van der Waals surface area contributed by atoms with Gasteiger partial charge in [-0.05, 0) is 90.2 Å². The summed E-state index contributed by atoms with van der Waals surface area (Å²) in [7, 11) is 0. The van der Waals surface area contributed by atoms with Crippen molar-refractivity contribution in [3.05, 3.63) is 32.7 Å². The topological polar surface area (TPSA) is 50.4 Å². The zero-order valence-electron chi connectivity index (χ0n) is 13.5. The molecule has 0 fully saturated rings. The van der Waals surface area contributed by atoms with Crippen LogP contribution in [0.5, 0.6) is 0 Å². The fourth-order valence-electron chi connectivity index (χ4n) is 1.78. The Morgan fingerprint density at radius 3 is 2.55 bits per heavy atom. The van der Waals surface area contributed by atoms with Crippen LogP contribution < -0.4 is 10.6 Å². The van der Waals surface area contributed by atoms with E-state index in [9.17, 15) is 4.79 Å². The van der Waals surface area contributed by atoms with E-state index in [2.05, 4.69) is 54.6 Å².